The third-order valence-corrected chi connectivity index (χ3v) is 7.99. The number of amides is 1. The first kappa shape index (κ1) is 30.1. The van der Waals surface area contributed by atoms with E-state index in [1.165, 1.54) is 17.3 Å². The van der Waals surface area contributed by atoms with Crippen LogP contribution in [0.25, 0.3) is 5.69 Å². The van der Waals surface area contributed by atoms with Gasteiger partial charge in [-0.15, -0.1) is 10.2 Å². The summed E-state index contributed by atoms with van der Waals surface area (Å²) >= 11 is 4.81. The Bertz CT molecular complexity index is 1690. The Hall–Kier alpha value is -4.41. The van der Waals surface area contributed by atoms with Gasteiger partial charge in [0.25, 0.3) is 5.91 Å². The van der Waals surface area contributed by atoms with Crippen LogP contribution in [0, 0.1) is 6.92 Å². The van der Waals surface area contributed by atoms with Crippen molar-refractivity contribution < 1.29 is 9.53 Å². The first-order valence-corrected chi connectivity index (χ1v) is 15.4. The Morgan fingerprint density at radius 2 is 1.77 bits per heavy atom. The van der Waals surface area contributed by atoms with Gasteiger partial charge in [0, 0.05) is 21.4 Å². The van der Waals surface area contributed by atoms with E-state index in [0.29, 0.717) is 24.1 Å². The molecule has 0 radical (unpaired) electrons. The second kappa shape index (κ2) is 14.7. The highest BCUT2D eigenvalue weighted by atomic mass is 79.9. The largest absolute Gasteiger partial charge is 0.488 e. The Morgan fingerprint density at radius 1 is 1.00 bits per heavy atom. The molecule has 5 rings (SSSR count). The van der Waals surface area contributed by atoms with Gasteiger partial charge < -0.3 is 10.1 Å². The second-order valence-electron chi connectivity index (χ2n) is 9.74. The van der Waals surface area contributed by atoms with Gasteiger partial charge in [-0.25, -0.2) is 5.43 Å². The molecule has 1 heterocycles. The van der Waals surface area contributed by atoms with Gasteiger partial charge in [0.05, 0.1) is 18.0 Å². The number of aryl methyl sites for hydroxylation is 1. The minimum Gasteiger partial charge on any atom is -0.488 e. The van der Waals surface area contributed by atoms with Crippen LogP contribution < -0.4 is 15.5 Å². The number of aromatic nitrogens is 3. The van der Waals surface area contributed by atoms with E-state index < -0.39 is 5.25 Å². The molecule has 10 heteroatoms. The average molecular weight is 656 g/mol. The van der Waals surface area contributed by atoms with Crippen molar-refractivity contribution in [3.05, 3.63) is 130 Å². The quantitative estimate of drug-likeness (QED) is 0.0842. The summed E-state index contributed by atoms with van der Waals surface area (Å²) in [7, 11) is 0. The number of carbonyl (C=O) groups excluding carboxylic acids is 1. The minimum atomic E-state index is -0.482. The fourth-order valence-electron chi connectivity index (χ4n) is 4.15. The number of benzene rings is 4. The molecule has 0 aliphatic carbocycles. The van der Waals surface area contributed by atoms with Crippen LogP contribution in [0.4, 0.5) is 5.69 Å². The fourth-order valence-corrected chi connectivity index (χ4v) is 5.48. The van der Waals surface area contributed by atoms with Crippen LogP contribution in [0.3, 0.4) is 0 Å². The van der Waals surface area contributed by atoms with Gasteiger partial charge in [-0.2, -0.15) is 5.10 Å². The van der Waals surface area contributed by atoms with E-state index in [0.717, 1.165) is 32.8 Å². The van der Waals surface area contributed by atoms with E-state index in [1.54, 1.807) is 6.21 Å². The molecule has 0 spiro atoms. The van der Waals surface area contributed by atoms with E-state index in [1.807, 2.05) is 102 Å². The van der Waals surface area contributed by atoms with Gasteiger partial charge in [-0.05, 0) is 67.9 Å². The molecule has 0 saturated carbocycles. The lowest BCUT2D eigenvalue weighted by Gasteiger charge is -2.13. The number of nitrogens with one attached hydrogen (secondary N) is 2. The number of para-hydroxylation sites is 2. The number of carbonyl (C=O) groups is 1. The van der Waals surface area contributed by atoms with E-state index in [2.05, 4.69) is 61.0 Å². The monoisotopic (exact) mass is 654 g/mol. The third kappa shape index (κ3) is 8.33. The molecule has 8 nitrogen and oxygen atoms in total. The third-order valence-electron chi connectivity index (χ3n) is 6.45. The number of hydrogen-bond donors (Lipinski definition) is 2. The van der Waals surface area contributed by atoms with Gasteiger partial charge in [-0.3, -0.25) is 9.36 Å². The summed E-state index contributed by atoms with van der Waals surface area (Å²) in [6, 6.07) is 33.6. The molecule has 1 atom stereocenters. The summed E-state index contributed by atoms with van der Waals surface area (Å²) in [6.07, 6.45) is 1.59. The number of ether oxygens (including phenoxy) is 1. The van der Waals surface area contributed by atoms with Crippen molar-refractivity contribution in [3.8, 4) is 11.4 Å². The van der Waals surface area contributed by atoms with Crippen LogP contribution >= 0.6 is 27.7 Å². The van der Waals surface area contributed by atoms with Crippen LogP contribution in [-0.4, -0.2) is 32.1 Å². The maximum absolute atomic E-state index is 13.0. The number of nitrogens with zero attached hydrogens (tertiary/aromatic N) is 4. The number of rotatable bonds is 12. The molecule has 43 heavy (non-hydrogen) atoms. The van der Waals surface area contributed by atoms with Crippen LogP contribution in [0.15, 0.2) is 118 Å². The van der Waals surface area contributed by atoms with Crippen molar-refractivity contribution in [3.63, 3.8) is 0 Å². The van der Waals surface area contributed by atoms with Crippen LogP contribution in [-0.2, 0) is 17.9 Å². The molecule has 5 aromatic rings. The molecule has 0 saturated heterocycles. The van der Waals surface area contributed by atoms with Crippen molar-refractivity contribution in [2.45, 2.75) is 37.4 Å². The number of hydrazone groups is 1. The predicted octanol–water partition coefficient (Wildman–Crippen LogP) is 7.16. The maximum atomic E-state index is 13.0. The van der Waals surface area contributed by atoms with E-state index in [9.17, 15) is 4.79 Å². The Morgan fingerprint density at radius 3 is 2.56 bits per heavy atom. The van der Waals surface area contributed by atoms with E-state index in [4.69, 9.17) is 4.74 Å². The lowest BCUT2D eigenvalue weighted by Crippen LogP contribution is -2.27. The number of hydrogen-bond acceptors (Lipinski definition) is 7. The lowest BCUT2D eigenvalue weighted by molar-refractivity contribution is -0.120. The summed E-state index contributed by atoms with van der Waals surface area (Å²) in [5.74, 6) is 1.15. The number of thioether (sulfide) groups is 1. The summed E-state index contributed by atoms with van der Waals surface area (Å²) in [6.45, 7) is 4.76. The Kier molecular flexibility index (Phi) is 10.2. The highest BCUT2D eigenvalue weighted by Gasteiger charge is 2.21. The first-order chi connectivity index (χ1) is 21.0. The van der Waals surface area contributed by atoms with Gasteiger partial charge in [0.1, 0.15) is 12.4 Å². The topological polar surface area (TPSA) is 93.4 Å². The molecular formula is C33H31BrN6O2S. The Balaban J connectivity index is 1.23. The zero-order chi connectivity index (χ0) is 30.0. The molecule has 218 valence electrons. The molecule has 0 aliphatic heterocycles. The van der Waals surface area contributed by atoms with Crippen LogP contribution in [0.2, 0.25) is 0 Å². The fraction of sp³-hybridized carbons (Fsp3) is 0.152. The van der Waals surface area contributed by atoms with Crippen molar-refractivity contribution in [2.75, 3.05) is 5.32 Å². The van der Waals surface area contributed by atoms with Crippen molar-refractivity contribution in [1.82, 2.24) is 20.2 Å². The molecule has 1 amide bonds. The van der Waals surface area contributed by atoms with Gasteiger partial charge in [0.15, 0.2) is 11.0 Å². The molecular weight excluding hydrogens is 624 g/mol. The highest BCUT2D eigenvalue weighted by Crippen LogP contribution is 2.26. The van der Waals surface area contributed by atoms with E-state index in [-0.39, 0.29) is 5.91 Å². The molecule has 0 aliphatic rings. The van der Waals surface area contributed by atoms with Crippen molar-refractivity contribution in [1.29, 1.82) is 0 Å². The summed E-state index contributed by atoms with van der Waals surface area (Å²) in [5.41, 5.74) is 7.56. The average Bonchev–Trinajstić information content (AvgIpc) is 3.42. The number of halogens is 1. The smallest absolute Gasteiger partial charge is 0.253 e. The summed E-state index contributed by atoms with van der Waals surface area (Å²) < 4.78 is 8.99. The van der Waals surface area contributed by atoms with Crippen molar-refractivity contribution in [2.24, 2.45) is 5.10 Å². The summed E-state index contributed by atoms with van der Waals surface area (Å²) in [5, 5.41) is 16.6. The standard InChI is InChI=1S/C33H31BrN6O2S/c1-23-15-17-28(18-16-23)35-21-31-37-39-33(40(31)29-12-4-3-5-13-29)43-24(2)32(41)38-36-20-26-10-6-7-14-30(26)42-22-25-9-8-11-27(34)19-25/h3-20,24,35H,21-22H2,1-2H3,(H,38,41)/t24-/m0/s1. The zero-order valence-corrected chi connectivity index (χ0v) is 26.2. The molecule has 2 N–H and O–H groups in total. The first-order valence-electron chi connectivity index (χ1n) is 13.7. The van der Waals surface area contributed by atoms with Gasteiger partial charge in [-0.1, -0.05) is 87.9 Å². The van der Waals surface area contributed by atoms with E-state index >= 15 is 0 Å². The highest BCUT2D eigenvalue weighted by molar-refractivity contribution is 9.10. The molecule has 0 fully saturated rings. The molecule has 4 aromatic carbocycles. The maximum Gasteiger partial charge on any atom is 0.253 e. The lowest BCUT2D eigenvalue weighted by atomic mass is 10.2. The normalized spacial score (nSPS) is 11.8. The molecule has 1 aromatic heterocycles. The Labute approximate surface area is 263 Å². The minimum absolute atomic E-state index is 0.254. The molecule has 0 bridgehead atoms. The van der Waals surface area contributed by atoms with Crippen molar-refractivity contribution >= 4 is 45.5 Å². The van der Waals surface area contributed by atoms with Gasteiger partial charge in [0.2, 0.25) is 0 Å². The molecule has 0 unspecified atom stereocenters. The predicted molar refractivity (Wildman–Crippen MR) is 176 cm³/mol. The summed E-state index contributed by atoms with van der Waals surface area (Å²) in [4.78, 5) is 13.0. The van der Waals surface area contributed by atoms with Crippen LogP contribution in [0.5, 0.6) is 5.75 Å². The second-order valence-corrected chi connectivity index (χ2v) is 12.0. The van der Waals surface area contributed by atoms with Gasteiger partial charge >= 0.3 is 0 Å². The number of anilines is 1. The van der Waals surface area contributed by atoms with Crippen LogP contribution in [0.1, 0.15) is 29.4 Å². The SMILES string of the molecule is Cc1ccc(NCc2nnc(S[C@@H](C)C(=O)NN=Cc3ccccc3OCc3cccc(Br)c3)n2-c2ccccc2)cc1. The zero-order valence-electron chi connectivity index (χ0n) is 23.8.